The molecule has 0 bridgehead atoms. The van der Waals surface area contributed by atoms with Crippen LogP contribution in [0.15, 0.2) is 49.1 Å². The number of imide groups is 1. The number of carbonyl (C=O) groups excluding carboxylic acids is 4. The Balaban J connectivity index is 1.56. The van der Waals surface area contributed by atoms with Crippen LogP contribution in [0, 0.1) is 0 Å². The fraction of sp³-hybridized carbons (Fsp3) is 0.143. The molecule has 4 amide bonds. The van der Waals surface area contributed by atoms with E-state index in [2.05, 4.69) is 17.2 Å². The van der Waals surface area contributed by atoms with Gasteiger partial charge in [0, 0.05) is 17.8 Å². The van der Waals surface area contributed by atoms with E-state index < -0.39 is 23.8 Å². The molecule has 2 aliphatic rings. The number of nitrogens with one attached hydrogen (secondary N) is 2. The smallest absolute Gasteiger partial charge is 0.265 e. The third-order valence-corrected chi connectivity index (χ3v) is 4.71. The lowest BCUT2D eigenvalue weighted by atomic mass is 10.1. The average Bonchev–Trinajstić information content (AvgIpc) is 2.94. The van der Waals surface area contributed by atoms with Gasteiger partial charge in [0.15, 0.2) is 6.10 Å². The molecule has 0 unspecified atom stereocenters. The minimum atomic E-state index is -0.588. The zero-order valence-corrected chi connectivity index (χ0v) is 15.5. The lowest BCUT2D eigenvalue weighted by Crippen LogP contribution is -2.34. The van der Waals surface area contributed by atoms with Crippen molar-refractivity contribution in [3.8, 4) is 5.75 Å². The summed E-state index contributed by atoms with van der Waals surface area (Å²) in [5.41, 5.74) is 1.59. The molecule has 8 heteroatoms. The Hall–Kier alpha value is -3.94. The molecule has 0 spiro atoms. The van der Waals surface area contributed by atoms with Gasteiger partial charge in [0.1, 0.15) is 5.75 Å². The number of carbonyl (C=O) groups is 4. The molecule has 2 N–H and O–H groups in total. The number of rotatable bonds is 4. The van der Waals surface area contributed by atoms with Crippen LogP contribution in [0.5, 0.6) is 5.75 Å². The van der Waals surface area contributed by atoms with Crippen molar-refractivity contribution in [1.82, 2.24) is 4.90 Å². The van der Waals surface area contributed by atoms with Crippen molar-refractivity contribution in [1.29, 1.82) is 0 Å². The number of hydrogen-bond donors (Lipinski definition) is 2. The maximum atomic E-state index is 12.6. The van der Waals surface area contributed by atoms with Gasteiger partial charge < -0.3 is 15.4 Å². The van der Waals surface area contributed by atoms with Crippen LogP contribution in [0.1, 0.15) is 38.0 Å². The molecule has 0 fully saturated rings. The summed E-state index contributed by atoms with van der Waals surface area (Å²) < 4.78 is 5.48. The molecule has 0 saturated carbocycles. The minimum absolute atomic E-state index is 0.107. The molecule has 4 rings (SSSR count). The Kier molecular flexibility index (Phi) is 4.38. The van der Waals surface area contributed by atoms with Gasteiger partial charge >= 0.3 is 0 Å². The molecule has 2 aromatic rings. The van der Waals surface area contributed by atoms with E-state index in [9.17, 15) is 19.2 Å². The van der Waals surface area contributed by atoms with E-state index >= 15 is 0 Å². The number of nitrogens with zero attached hydrogens (tertiary/aromatic N) is 1. The number of amides is 4. The van der Waals surface area contributed by atoms with E-state index in [0.717, 1.165) is 4.90 Å². The lowest BCUT2D eigenvalue weighted by Gasteiger charge is -2.23. The van der Waals surface area contributed by atoms with Crippen LogP contribution in [0.2, 0.25) is 0 Å². The number of hydrogen-bond acceptors (Lipinski definition) is 5. The summed E-state index contributed by atoms with van der Waals surface area (Å²) in [6.07, 6.45) is 0.879. The highest BCUT2D eigenvalue weighted by Gasteiger charge is 2.35. The first kappa shape index (κ1) is 18.4. The van der Waals surface area contributed by atoms with Crippen molar-refractivity contribution in [2.75, 3.05) is 17.2 Å². The van der Waals surface area contributed by atoms with Crippen molar-refractivity contribution in [3.05, 3.63) is 65.7 Å². The number of anilines is 2. The number of fused-ring (bicyclic) bond motifs is 2. The average molecular weight is 391 g/mol. The second kappa shape index (κ2) is 6.90. The Morgan fingerprint density at radius 1 is 1.17 bits per heavy atom. The molecule has 0 aliphatic carbocycles. The van der Waals surface area contributed by atoms with Crippen LogP contribution >= 0.6 is 0 Å². The maximum Gasteiger partial charge on any atom is 0.265 e. The number of ether oxygens (including phenoxy) is 1. The monoisotopic (exact) mass is 391 g/mol. The first-order chi connectivity index (χ1) is 13.9. The normalized spacial score (nSPS) is 17.2. The Bertz CT molecular complexity index is 1090. The predicted molar refractivity (Wildman–Crippen MR) is 105 cm³/mol. The third-order valence-electron chi connectivity index (χ3n) is 4.71. The Morgan fingerprint density at radius 3 is 2.69 bits per heavy atom. The predicted octanol–water partition coefficient (Wildman–Crippen LogP) is 2.44. The second-order valence-electron chi connectivity index (χ2n) is 6.68. The fourth-order valence-electron chi connectivity index (χ4n) is 3.22. The quantitative estimate of drug-likeness (QED) is 0.615. The SMILES string of the molecule is C=CCN1C(=O)c2ccc(C(=O)Nc3ccc4c(c3)NC(=O)[C@H](C)O4)cc2C1=O. The molecule has 29 heavy (non-hydrogen) atoms. The lowest BCUT2D eigenvalue weighted by molar-refractivity contribution is -0.122. The second-order valence-corrected chi connectivity index (χ2v) is 6.68. The van der Waals surface area contributed by atoms with E-state index in [1.807, 2.05) is 0 Å². The van der Waals surface area contributed by atoms with Gasteiger partial charge in [-0.1, -0.05) is 6.08 Å². The van der Waals surface area contributed by atoms with E-state index in [-0.39, 0.29) is 29.1 Å². The van der Waals surface area contributed by atoms with Gasteiger partial charge in [-0.15, -0.1) is 6.58 Å². The highest BCUT2D eigenvalue weighted by molar-refractivity contribution is 6.22. The molecular formula is C21H17N3O5. The maximum absolute atomic E-state index is 12.6. The Labute approximate surface area is 166 Å². The van der Waals surface area contributed by atoms with Crippen molar-refractivity contribution in [3.63, 3.8) is 0 Å². The van der Waals surface area contributed by atoms with Crippen molar-refractivity contribution < 1.29 is 23.9 Å². The van der Waals surface area contributed by atoms with Gasteiger partial charge in [0.2, 0.25) is 0 Å². The van der Waals surface area contributed by atoms with Gasteiger partial charge in [-0.2, -0.15) is 0 Å². The molecule has 1 atom stereocenters. The standard InChI is InChI=1S/C21H17N3O5/c1-3-8-24-20(27)14-6-4-12(9-15(14)21(24)28)19(26)22-13-5-7-17-16(10-13)23-18(25)11(2)29-17/h3-7,9-11H,1,8H2,2H3,(H,22,26)(H,23,25)/t11-/m0/s1. The van der Waals surface area contributed by atoms with Crippen LogP contribution in [0.25, 0.3) is 0 Å². The molecule has 0 aromatic heterocycles. The summed E-state index contributed by atoms with van der Waals surface area (Å²) in [6.45, 7) is 5.29. The van der Waals surface area contributed by atoms with Gasteiger partial charge in [-0.3, -0.25) is 24.1 Å². The molecular weight excluding hydrogens is 374 g/mol. The summed E-state index contributed by atoms with van der Waals surface area (Å²) in [4.78, 5) is 50.2. The molecule has 2 heterocycles. The third kappa shape index (κ3) is 3.14. The first-order valence-electron chi connectivity index (χ1n) is 8.93. The van der Waals surface area contributed by atoms with Crippen LogP contribution < -0.4 is 15.4 Å². The van der Waals surface area contributed by atoms with Crippen LogP contribution in [-0.2, 0) is 4.79 Å². The summed E-state index contributed by atoms with van der Waals surface area (Å²) in [7, 11) is 0. The van der Waals surface area contributed by atoms with Gasteiger partial charge in [-0.05, 0) is 43.3 Å². The van der Waals surface area contributed by atoms with Crippen molar-refractivity contribution in [2.24, 2.45) is 0 Å². The van der Waals surface area contributed by atoms with Gasteiger partial charge in [-0.25, -0.2) is 0 Å². The zero-order valence-electron chi connectivity index (χ0n) is 15.5. The molecule has 0 radical (unpaired) electrons. The summed E-state index contributed by atoms with van der Waals surface area (Å²) >= 11 is 0. The zero-order chi connectivity index (χ0) is 20.7. The van der Waals surface area contributed by atoms with Gasteiger partial charge in [0.05, 0.1) is 16.8 Å². The minimum Gasteiger partial charge on any atom is -0.479 e. The summed E-state index contributed by atoms with van der Waals surface area (Å²) in [6, 6.07) is 9.25. The van der Waals surface area contributed by atoms with Crippen LogP contribution in [0.3, 0.4) is 0 Å². The topological polar surface area (TPSA) is 105 Å². The number of benzene rings is 2. The van der Waals surface area contributed by atoms with E-state index in [1.165, 1.54) is 24.3 Å². The first-order valence-corrected chi connectivity index (χ1v) is 8.93. The van der Waals surface area contributed by atoms with E-state index in [0.29, 0.717) is 17.1 Å². The molecule has 0 saturated heterocycles. The Morgan fingerprint density at radius 2 is 1.93 bits per heavy atom. The molecule has 146 valence electrons. The van der Waals surface area contributed by atoms with E-state index in [1.54, 1.807) is 25.1 Å². The van der Waals surface area contributed by atoms with Crippen molar-refractivity contribution in [2.45, 2.75) is 13.0 Å². The summed E-state index contributed by atoms with van der Waals surface area (Å²) in [5.74, 6) is -1.07. The fourth-order valence-corrected chi connectivity index (χ4v) is 3.22. The molecule has 2 aromatic carbocycles. The van der Waals surface area contributed by atoms with Gasteiger partial charge in [0.25, 0.3) is 23.6 Å². The molecule has 2 aliphatic heterocycles. The van der Waals surface area contributed by atoms with Crippen LogP contribution in [0.4, 0.5) is 11.4 Å². The van der Waals surface area contributed by atoms with Crippen molar-refractivity contribution >= 4 is 35.0 Å². The summed E-state index contributed by atoms with van der Waals surface area (Å²) in [5, 5.41) is 5.43. The highest BCUT2D eigenvalue weighted by atomic mass is 16.5. The molecule has 8 nitrogen and oxygen atoms in total. The van der Waals surface area contributed by atoms with E-state index in [4.69, 9.17) is 4.74 Å². The van der Waals surface area contributed by atoms with Crippen LogP contribution in [-0.4, -0.2) is 41.2 Å². The largest absolute Gasteiger partial charge is 0.479 e. The highest BCUT2D eigenvalue weighted by Crippen LogP contribution is 2.32.